The van der Waals surface area contributed by atoms with Crippen molar-refractivity contribution >= 4 is 40.7 Å². The third-order valence-corrected chi connectivity index (χ3v) is 14.8. The SMILES string of the molecule is Cc1ccc(C2=N[C@@H](CC(=O)NC3CC(Oc4ccc(OCC(=O)N[C@H](C(=O)N5C[C@H](O)C[C@H]5C(=O)N[C@@H](C)c5ccc(-c6nc(C)no6)cc5)C(C)(C)C)cn4)C3)c3nnc(C)n3-c3sc(C)c(C)c32)cc1. The van der Waals surface area contributed by atoms with Crippen molar-refractivity contribution in [1.29, 1.82) is 0 Å². The molecule has 6 heterocycles. The molecule has 19 nitrogen and oxygen atoms in total. The lowest BCUT2D eigenvalue weighted by atomic mass is 9.85. The van der Waals surface area contributed by atoms with Crippen molar-refractivity contribution in [3.05, 3.63) is 117 Å². The number of aliphatic hydroxyl groups excluding tert-OH is 1. The Balaban J connectivity index is 0.749. The van der Waals surface area contributed by atoms with Crippen molar-refractivity contribution in [2.45, 2.75) is 130 Å². The quantitative estimate of drug-likeness (QED) is 0.0914. The van der Waals surface area contributed by atoms with Crippen LogP contribution < -0.4 is 25.4 Å². The topological polar surface area (TPSA) is 241 Å². The second kappa shape index (κ2) is 20.7. The number of pyridine rings is 1. The van der Waals surface area contributed by atoms with Crippen LogP contribution in [-0.4, -0.2) is 113 Å². The molecule has 0 bridgehead atoms. The zero-order valence-electron chi connectivity index (χ0n) is 42.4. The number of carbonyl (C=O) groups excluding carboxylic acids is 4. The highest BCUT2D eigenvalue weighted by Crippen LogP contribution is 2.40. The van der Waals surface area contributed by atoms with Crippen molar-refractivity contribution < 1.29 is 38.3 Å². The molecule has 0 radical (unpaired) electrons. The van der Waals surface area contributed by atoms with Crippen LogP contribution in [0.3, 0.4) is 0 Å². The molecule has 4 amide bonds. The molecule has 73 heavy (non-hydrogen) atoms. The molecule has 2 fully saturated rings. The van der Waals surface area contributed by atoms with Gasteiger partial charge in [-0.2, -0.15) is 4.98 Å². The number of fused-ring (bicyclic) bond motifs is 3. The van der Waals surface area contributed by atoms with E-state index in [1.54, 1.807) is 30.4 Å². The Morgan fingerprint density at radius 1 is 0.904 bits per heavy atom. The molecule has 9 rings (SSSR count). The lowest BCUT2D eigenvalue weighted by Crippen LogP contribution is -2.58. The van der Waals surface area contributed by atoms with E-state index in [1.165, 1.54) is 16.0 Å². The maximum atomic E-state index is 14.2. The van der Waals surface area contributed by atoms with Crippen LogP contribution in [0.5, 0.6) is 11.6 Å². The summed E-state index contributed by atoms with van der Waals surface area (Å²) in [5, 5.41) is 33.4. The van der Waals surface area contributed by atoms with E-state index >= 15 is 0 Å². The molecule has 4 N–H and O–H groups in total. The van der Waals surface area contributed by atoms with Crippen molar-refractivity contribution in [3.8, 4) is 28.1 Å². The van der Waals surface area contributed by atoms with Crippen molar-refractivity contribution in [3.63, 3.8) is 0 Å². The zero-order valence-corrected chi connectivity index (χ0v) is 43.2. The average Bonchev–Trinajstić information content (AvgIpc) is 4.11. The Morgan fingerprint density at radius 3 is 2.30 bits per heavy atom. The summed E-state index contributed by atoms with van der Waals surface area (Å²) in [4.78, 5) is 71.3. The molecule has 0 spiro atoms. The van der Waals surface area contributed by atoms with Crippen molar-refractivity contribution in [1.82, 2.24) is 50.7 Å². The zero-order chi connectivity index (χ0) is 51.9. The van der Waals surface area contributed by atoms with E-state index in [-0.39, 0.29) is 37.4 Å². The van der Waals surface area contributed by atoms with Gasteiger partial charge in [0.25, 0.3) is 11.8 Å². The van der Waals surface area contributed by atoms with E-state index in [0.717, 1.165) is 49.9 Å². The lowest BCUT2D eigenvalue weighted by Gasteiger charge is -2.35. The van der Waals surface area contributed by atoms with Crippen LogP contribution in [0.1, 0.15) is 116 Å². The number of benzene rings is 2. The van der Waals surface area contributed by atoms with Crippen molar-refractivity contribution in [2.75, 3.05) is 13.2 Å². The predicted molar refractivity (Wildman–Crippen MR) is 271 cm³/mol. The van der Waals surface area contributed by atoms with Gasteiger partial charge < -0.3 is 40.0 Å². The minimum Gasteiger partial charge on any atom is -0.482 e. The van der Waals surface area contributed by atoms with E-state index < -0.39 is 60.0 Å². The lowest BCUT2D eigenvalue weighted by molar-refractivity contribution is -0.144. The second-order valence-electron chi connectivity index (χ2n) is 20.3. The van der Waals surface area contributed by atoms with Gasteiger partial charge in [-0.1, -0.05) is 67.9 Å². The molecule has 1 saturated heterocycles. The van der Waals surface area contributed by atoms with Crippen LogP contribution in [-0.2, 0) is 19.2 Å². The number of β-amino-alcohol motifs (C(OH)–C–C–N with tert-alkyl or cyclic N) is 1. The Bertz CT molecular complexity index is 3040. The number of aryl methyl sites for hydroxylation is 4. The molecule has 1 aliphatic carbocycles. The number of hydrogen-bond acceptors (Lipinski definition) is 15. The van der Waals surface area contributed by atoms with Crippen LogP contribution in [0.4, 0.5) is 0 Å². The molecule has 20 heteroatoms. The number of aromatic nitrogens is 6. The highest BCUT2D eigenvalue weighted by Gasteiger charge is 2.45. The summed E-state index contributed by atoms with van der Waals surface area (Å²) in [6, 6.07) is 15.9. The Hall–Kier alpha value is -7.32. The minimum atomic E-state index is -1.04. The fraction of sp³-hybridized carbons (Fsp3) is 0.434. The van der Waals surface area contributed by atoms with Crippen LogP contribution in [0.15, 0.2) is 76.4 Å². The molecular weight excluding hydrogens is 951 g/mol. The third-order valence-electron chi connectivity index (χ3n) is 13.6. The van der Waals surface area contributed by atoms with Crippen LogP contribution >= 0.6 is 11.3 Å². The summed E-state index contributed by atoms with van der Waals surface area (Å²) in [7, 11) is 0. The first kappa shape index (κ1) is 50.6. The number of nitrogens with zero attached hydrogens (tertiary/aromatic N) is 8. The first-order valence-corrected chi connectivity index (χ1v) is 25.3. The van der Waals surface area contributed by atoms with Crippen molar-refractivity contribution in [2.24, 2.45) is 10.4 Å². The fourth-order valence-corrected chi connectivity index (χ4v) is 10.6. The number of aliphatic imine (C=N–C) groups is 1. The molecule has 382 valence electrons. The molecule has 3 aliphatic rings. The van der Waals surface area contributed by atoms with E-state index in [2.05, 4.69) is 86.3 Å². The van der Waals surface area contributed by atoms with Crippen LogP contribution in [0, 0.1) is 40.0 Å². The van der Waals surface area contributed by atoms with Crippen LogP contribution in [0.25, 0.3) is 16.5 Å². The largest absolute Gasteiger partial charge is 0.482 e. The molecule has 5 atom stereocenters. The van der Waals surface area contributed by atoms with E-state index in [1.807, 2.05) is 63.5 Å². The summed E-state index contributed by atoms with van der Waals surface area (Å²) in [5.41, 5.74) is 5.94. The number of ether oxygens (including phenoxy) is 2. The van der Waals surface area contributed by atoms with E-state index in [9.17, 15) is 24.3 Å². The van der Waals surface area contributed by atoms with Crippen LogP contribution in [0.2, 0.25) is 0 Å². The number of thiophene rings is 1. The summed E-state index contributed by atoms with van der Waals surface area (Å²) < 4.78 is 19.2. The molecular formula is C53H61N11O8S. The van der Waals surface area contributed by atoms with Gasteiger partial charge in [0.2, 0.25) is 23.6 Å². The highest BCUT2D eigenvalue weighted by molar-refractivity contribution is 7.15. The number of aliphatic hydroxyl groups is 1. The minimum absolute atomic E-state index is 0.0496. The summed E-state index contributed by atoms with van der Waals surface area (Å²) in [6.07, 6.45) is 1.69. The third kappa shape index (κ3) is 11.0. The summed E-state index contributed by atoms with van der Waals surface area (Å²) in [6.45, 7) is 16.7. The number of hydrogen-bond donors (Lipinski definition) is 4. The first-order valence-electron chi connectivity index (χ1n) is 24.5. The standard InChI is InChI=1S/C53H61N11O8S/c1-27-10-12-34(13-11-27)46-45-28(2)30(4)73-52(45)64-32(6)60-61-48(64)40(58-46)23-42(66)57-36-20-39(21-36)71-44-19-18-38(24-54-44)70-26-43(67)59-47(53(7,8)9)51(69)63-25-37(65)22-41(63)49(68)55-29(3)33-14-16-35(17-15-33)50-56-31(5)62-72-50/h10-19,24,29,36-37,39-41,47,65H,20-23,25-26H2,1-9H3,(H,55,68)(H,57,66)(H,59,67)/t29-,36?,37+,39?,40-,41-,47+/m0/s1. The number of rotatable bonds is 15. The second-order valence-corrected chi connectivity index (χ2v) is 21.5. The molecule has 2 aliphatic heterocycles. The number of amides is 4. The van der Waals surface area contributed by atoms with Gasteiger partial charge in [0.1, 0.15) is 40.8 Å². The monoisotopic (exact) mass is 1010 g/mol. The average molecular weight is 1010 g/mol. The van der Waals surface area contributed by atoms with E-state index in [4.69, 9.17) is 19.0 Å². The van der Waals surface area contributed by atoms with Gasteiger partial charge in [0.15, 0.2) is 18.3 Å². The molecule has 1 saturated carbocycles. The highest BCUT2D eigenvalue weighted by atomic mass is 32.1. The van der Waals surface area contributed by atoms with Gasteiger partial charge in [0.05, 0.1) is 30.5 Å². The number of likely N-dealkylation sites (tertiary alicyclic amines) is 1. The van der Waals surface area contributed by atoms with Gasteiger partial charge in [-0.05, 0) is 76.3 Å². The summed E-state index contributed by atoms with van der Waals surface area (Å²) in [5.74, 6) is 1.35. The molecule has 2 aromatic carbocycles. The van der Waals surface area contributed by atoms with Gasteiger partial charge in [-0.25, -0.2) is 4.98 Å². The van der Waals surface area contributed by atoms with Gasteiger partial charge in [-0.15, -0.1) is 21.5 Å². The first-order chi connectivity index (χ1) is 34.8. The predicted octanol–water partition coefficient (Wildman–Crippen LogP) is 6.07. The molecule has 0 unspecified atom stereocenters. The Labute approximate surface area is 427 Å². The van der Waals surface area contributed by atoms with Gasteiger partial charge >= 0.3 is 0 Å². The van der Waals surface area contributed by atoms with Gasteiger partial charge in [-0.3, -0.25) is 28.7 Å². The Morgan fingerprint density at radius 2 is 1.63 bits per heavy atom. The maximum absolute atomic E-state index is 14.2. The number of carbonyl (C=O) groups is 4. The smallest absolute Gasteiger partial charge is 0.258 e. The van der Waals surface area contributed by atoms with Gasteiger partial charge in [0, 0.05) is 59.5 Å². The van der Waals surface area contributed by atoms with E-state index in [0.29, 0.717) is 42.0 Å². The fourth-order valence-electron chi connectivity index (χ4n) is 9.36. The molecule has 4 aromatic heterocycles. The maximum Gasteiger partial charge on any atom is 0.258 e. The Kier molecular flexibility index (Phi) is 14.3. The summed E-state index contributed by atoms with van der Waals surface area (Å²) >= 11 is 1.68. The normalized spacial score (nSPS) is 20.1. The molecule has 6 aromatic rings. The number of nitrogens with one attached hydrogen (secondary N) is 3.